The second-order valence-corrected chi connectivity index (χ2v) is 5.75. The number of carbonyl (C=O) groups is 1. The van der Waals surface area contributed by atoms with Crippen LogP contribution in [0.15, 0.2) is 42.6 Å². The van der Waals surface area contributed by atoms with Gasteiger partial charge in [-0.2, -0.15) is 0 Å². The van der Waals surface area contributed by atoms with Crippen molar-refractivity contribution in [1.29, 1.82) is 0 Å². The summed E-state index contributed by atoms with van der Waals surface area (Å²) in [5.74, 6) is 0.862. The summed E-state index contributed by atoms with van der Waals surface area (Å²) in [6.07, 6.45) is 2.49. The van der Waals surface area contributed by atoms with Crippen LogP contribution < -0.4 is 15.5 Å². The first kappa shape index (κ1) is 17.7. The number of pyridine rings is 1. The quantitative estimate of drug-likeness (QED) is 0.723. The van der Waals surface area contributed by atoms with Crippen LogP contribution in [0.3, 0.4) is 0 Å². The third-order valence-corrected chi connectivity index (χ3v) is 3.63. The Labute approximate surface area is 142 Å². The molecule has 0 fully saturated rings. The van der Waals surface area contributed by atoms with E-state index in [-0.39, 0.29) is 12.6 Å². The number of aliphatic hydroxyl groups excluding tert-OH is 1. The molecule has 0 radical (unpaired) electrons. The number of nitrogens with one attached hydrogen (secondary N) is 2. The van der Waals surface area contributed by atoms with Crippen molar-refractivity contribution in [2.75, 3.05) is 25.5 Å². The molecule has 0 saturated heterocycles. The van der Waals surface area contributed by atoms with Gasteiger partial charge in [-0.1, -0.05) is 24.3 Å². The number of anilines is 1. The van der Waals surface area contributed by atoms with Gasteiger partial charge in [-0.05, 0) is 35.2 Å². The third-order valence-electron chi connectivity index (χ3n) is 3.63. The lowest BCUT2D eigenvalue weighted by atomic mass is 10.1. The van der Waals surface area contributed by atoms with Crippen LogP contribution >= 0.6 is 0 Å². The largest absolute Gasteiger partial charge is 0.392 e. The van der Waals surface area contributed by atoms with E-state index in [1.165, 1.54) is 0 Å². The topological polar surface area (TPSA) is 77.5 Å². The zero-order valence-electron chi connectivity index (χ0n) is 14.1. The normalized spacial score (nSPS) is 10.3. The molecule has 0 atom stereocenters. The third kappa shape index (κ3) is 5.55. The van der Waals surface area contributed by atoms with Gasteiger partial charge in [-0.25, -0.2) is 9.78 Å². The van der Waals surface area contributed by atoms with Gasteiger partial charge < -0.3 is 20.6 Å². The van der Waals surface area contributed by atoms with Gasteiger partial charge in [0.2, 0.25) is 0 Å². The van der Waals surface area contributed by atoms with Crippen molar-refractivity contribution in [3.63, 3.8) is 0 Å². The number of amides is 2. The highest BCUT2D eigenvalue weighted by molar-refractivity contribution is 5.73. The number of benzene rings is 1. The van der Waals surface area contributed by atoms with Gasteiger partial charge in [0.05, 0.1) is 6.61 Å². The van der Waals surface area contributed by atoms with Crippen molar-refractivity contribution in [2.24, 2.45) is 0 Å². The van der Waals surface area contributed by atoms with E-state index in [9.17, 15) is 4.79 Å². The maximum Gasteiger partial charge on any atom is 0.315 e. The summed E-state index contributed by atoms with van der Waals surface area (Å²) in [5, 5.41) is 14.7. The summed E-state index contributed by atoms with van der Waals surface area (Å²) in [6.45, 7) is 1.06. The molecule has 6 nitrogen and oxygen atoms in total. The minimum absolute atomic E-state index is 0.0471. The summed E-state index contributed by atoms with van der Waals surface area (Å²) in [4.78, 5) is 18.0. The van der Waals surface area contributed by atoms with E-state index < -0.39 is 0 Å². The second kappa shape index (κ2) is 8.88. The molecule has 2 aromatic rings. The molecule has 0 unspecified atom stereocenters. The minimum Gasteiger partial charge on any atom is -0.392 e. The van der Waals surface area contributed by atoms with E-state index in [2.05, 4.69) is 15.6 Å². The summed E-state index contributed by atoms with van der Waals surface area (Å²) in [5.41, 5.74) is 3.01. The zero-order chi connectivity index (χ0) is 17.4. The van der Waals surface area contributed by atoms with Crippen LogP contribution in [0, 0.1) is 0 Å². The number of hydrogen-bond donors (Lipinski definition) is 3. The summed E-state index contributed by atoms with van der Waals surface area (Å²) in [7, 11) is 3.86. The highest BCUT2D eigenvalue weighted by Gasteiger charge is 2.03. The molecule has 24 heavy (non-hydrogen) atoms. The van der Waals surface area contributed by atoms with Gasteiger partial charge in [0.15, 0.2) is 0 Å². The first-order valence-electron chi connectivity index (χ1n) is 7.91. The Morgan fingerprint density at radius 2 is 1.79 bits per heavy atom. The number of carbonyl (C=O) groups excluding carboxylic acids is 1. The van der Waals surface area contributed by atoms with Crippen LogP contribution in [-0.4, -0.2) is 36.8 Å². The molecular formula is C18H24N4O2. The Bertz CT molecular complexity index is 656. The van der Waals surface area contributed by atoms with E-state index in [1.54, 1.807) is 6.20 Å². The second-order valence-electron chi connectivity index (χ2n) is 5.75. The Kier molecular flexibility index (Phi) is 6.57. The highest BCUT2D eigenvalue weighted by atomic mass is 16.3. The predicted octanol–water partition coefficient (Wildman–Crippen LogP) is 1.68. The number of aliphatic hydroxyl groups is 1. The SMILES string of the molecule is CN(C)c1cc(CNC(=O)NCCc2ccc(CO)cc2)ccn1. The maximum atomic E-state index is 11.8. The van der Waals surface area contributed by atoms with Gasteiger partial charge in [0, 0.05) is 33.4 Å². The maximum absolute atomic E-state index is 11.8. The molecule has 6 heteroatoms. The lowest BCUT2D eigenvalue weighted by Gasteiger charge is -2.13. The van der Waals surface area contributed by atoms with Gasteiger partial charge >= 0.3 is 6.03 Å². The van der Waals surface area contributed by atoms with Gasteiger partial charge in [-0.3, -0.25) is 0 Å². The highest BCUT2D eigenvalue weighted by Crippen LogP contribution is 2.09. The van der Waals surface area contributed by atoms with E-state index in [1.807, 2.05) is 55.4 Å². The number of aromatic nitrogens is 1. The molecule has 0 aliphatic heterocycles. The Balaban J connectivity index is 1.72. The molecule has 0 bridgehead atoms. The van der Waals surface area contributed by atoms with Crippen LogP contribution in [0.25, 0.3) is 0 Å². The number of urea groups is 1. The van der Waals surface area contributed by atoms with Crippen LogP contribution in [0.1, 0.15) is 16.7 Å². The Morgan fingerprint density at radius 1 is 1.08 bits per heavy atom. The number of hydrogen-bond acceptors (Lipinski definition) is 4. The molecule has 1 heterocycles. The van der Waals surface area contributed by atoms with Gasteiger partial charge in [0.1, 0.15) is 5.82 Å². The molecular weight excluding hydrogens is 304 g/mol. The van der Waals surface area contributed by atoms with Gasteiger partial charge in [-0.15, -0.1) is 0 Å². The smallest absolute Gasteiger partial charge is 0.315 e. The minimum atomic E-state index is -0.190. The average Bonchev–Trinajstić information content (AvgIpc) is 2.61. The van der Waals surface area contributed by atoms with E-state index in [0.29, 0.717) is 13.1 Å². The molecule has 128 valence electrons. The summed E-state index contributed by atoms with van der Waals surface area (Å²) >= 11 is 0. The van der Waals surface area contributed by atoms with Crippen molar-refractivity contribution >= 4 is 11.8 Å². The fraction of sp³-hybridized carbons (Fsp3) is 0.333. The lowest BCUT2D eigenvalue weighted by Crippen LogP contribution is -2.36. The molecule has 0 spiro atoms. The van der Waals surface area contributed by atoms with Crippen molar-refractivity contribution in [1.82, 2.24) is 15.6 Å². The molecule has 0 aliphatic rings. The predicted molar refractivity (Wildman–Crippen MR) is 94.9 cm³/mol. The standard InChI is InChI=1S/C18H24N4O2/c1-22(2)17-11-16(8-9-19-17)12-21-18(24)20-10-7-14-3-5-15(13-23)6-4-14/h3-6,8-9,11,23H,7,10,12-13H2,1-2H3,(H2,20,21,24). The molecule has 2 amide bonds. The van der Waals surface area contributed by atoms with Crippen LogP contribution in [-0.2, 0) is 19.6 Å². The summed E-state index contributed by atoms with van der Waals surface area (Å²) in [6, 6.07) is 11.3. The number of rotatable bonds is 7. The monoisotopic (exact) mass is 328 g/mol. The van der Waals surface area contributed by atoms with Crippen LogP contribution in [0.2, 0.25) is 0 Å². The van der Waals surface area contributed by atoms with Crippen molar-refractivity contribution in [2.45, 2.75) is 19.6 Å². The first-order chi connectivity index (χ1) is 11.6. The fourth-order valence-corrected chi connectivity index (χ4v) is 2.19. The molecule has 0 saturated carbocycles. The van der Waals surface area contributed by atoms with E-state index >= 15 is 0 Å². The molecule has 1 aromatic heterocycles. The average molecular weight is 328 g/mol. The first-order valence-corrected chi connectivity index (χ1v) is 7.91. The molecule has 0 aliphatic carbocycles. The Morgan fingerprint density at radius 3 is 2.46 bits per heavy atom. The molecule has 3 N–H and O–H groups in total. The van der Waals surface area contributed by atoms with Crippen LogP contribution in [0.5, 0.6) is 0 Å². The van der Waals surface area contributed by atoms with Crippen molar-refractivity contribution in [3.8, 4) is 0 Å². The lowest BCUT2D eigenvalue weighted by molar-refractivity contribution is 0.240. The van der Waals surface area contributed by atoms with E-state index in [0.717, 1.165) is 28.9 Å². The number of nitrogens with zero attached hydrogens (tertiary/aromatic N) is 2. The Hall–Kier alpha value is -2.60. The van der Waals surface area contributed by atoms with Crippen LogP contribution in [0.4, 0.5) is 10.6 Å². The molecule has 1 aromatic carbocycles. The van der Waals surface area contributed by atoms with Crippen molar-refractivity contribution < 1.29 is 9.90 Å². The van der Waals surface area contributed by atoms with E-state index in [4.69, 9.17) is 5.11 Å². The summed E-state index contributed by atoms with van der Waals surface area (Å²) < 4.78 is 0. The zero-order valence-corrected chi connectivity index (χ0v) is 14.1. The van der Waals surface area contributed by atoms with Crippen molar-refractivity contribution in [3.05, 3.63) is 59.3 Å². The fourth-order valence-electron chi connectivity index (χ4n) is 2.19. The van der Waals surface area contributed by atoms with Gasteiger partial charge in [0.25, 0.3) is 0 Å². The molecule has 2 rings (SSSR count).